The Labute approximate surface area is 301 Å². The summed E-state index contributed by atoms with van der Waals surface area (Å²) in [5, 5.41) is 6.80. The van der Waals surface area contributed by atoms with Gasteiger partial charge >= 0.3 is 6.03 Å². The first-order valence-corrected chi connectivity index (χ1v) is 19.3. The van der Waals surface area contributed by atoms with Crippen LogP contribution < -0.4 is 20.0 Å². The highest BCUT2D eigenvalue weighted by Gasteiger charge is 2.32. The smallest absolute Gasteiger partial charge is 0.343 e. The van der Waals surface area contributed by atoms with Crippen molar-refractivity contribution in [2.24, 2.45) is 5.14 Å². The Hall–Kier alpha value is -3.85. The Morgan fingerprint density at radius 3 is 2.31 bits per heavy atom. The van der Waals surface area contributed by atoms with Crippen molar-refractivity contribution in [1.82, 2.24) is 24.7 Å². The van der Waals surface area contributed by atoms with Crippen molar-refractivity contribution in [3.8, 4) is 11.4 Å². The van der Waals surface area contributed by atoms with Gasteiger partial charge in [-0.15, -0.1) is 0 Å². The van der Waals surface area contributed by atoms with Crippen LogP contribution in [0.2, 0.25) is 5.02 Å². The van der Waals surface area contributed by atoms with E-state index in [1.807, 2.05) is 0 Å². The lowest BCUT2D eigenvalue weighted by molar-refractivity contribution is 0.0200. The van der Waals surface area contributed by atoms with Crippen molar-refractivity contribution in [2.75, 3.05) is 33.4 Å². The van der Waals surface area contributed by atoms with E-state index in [-0.39, 0.29) is 26.6 Å². The molecule has 274 valence electrons. The quantitative estimate of drug-likeness (QED) is 0.184. The molecule has 1 aromatic heterocycles. The minimum Gasteiger partial charge on any atom is -0.494 e. The van der Waals surface area contributed by atoms with Crippen LogP contribution in [0.5, 0.6) is 5.75 Å². The van der Waals surface area contributed by atoms with E-state index in [0.29, 0.717) is 55.4 Å². The van der Waals surface area contributed by atoms with Gasteiger partial charge in [0.25, 0.3) is 10.0 Å². The predicted molar refractivity (Wildman–Crippen MR) is 182 cm³/mol. The molecule has 5 rings (SSSR count). The molecule has 20 heteroatoms. The van der Waals surface area contributed by atoms with E-state index in [1.165, 1.54) is 54.7 Å². The molecule has 0 radical (unpaired) electrons. The molecular weight excluding hydrogens is 757 g/mol. The van der Waals surface area contributed by atoms with Crippen molar-refractivity contribution in [1.29, 1.82) is 0 Å². The normalized spacial score (nSPS) is 14.4. The number of urea groups is 1. The standard InChI is InChI=1S/C31H32ClF3N6O7S3/c1-31(2,18-4-7-27(22(32)12-18)50(36,43)44)28-16-37-30(41(28)19-5-6-23(33)26(13-19)47-3)49-17-21-24(34)14-20(15-25(21)35)51(45,46)39-29(42)38-40-8-10-48-11-9-40/h4-7,12-16H,8-11,17H2,1-3H3,(H2,36,43,44)(H2,38,39,42). The summed E-state index contributed by atoms with van der Waals surface area (Å²) in [6, 6.07) is 8.36. The van der Waals surface area contributed by atoms with Crippen molar-refractivity contribution >= 4 is 49.4 Å². The van der Waals surface area contributed by atoms with Gasteiger partial charge in [0, 0.05) is 35.9 Å². The third kappa shape index (κ3) is 8.45. The number of nitrogens with zero attached hydrogens (tertiary/aromatic N) is 3. The van der Waals surface area contributed by atoms with Crippen LogP contribution in [-0.4, -0.2) is 70.8 Å². The maximum absolute atomic E-state index is 15.4. The zero-order valence-corrected chi connectivity index (χ0v) is 30.5. The Morgan fingerprint density at radius 1 is 1.04 bits per heavy atom. The number of benzene rings is 3. The molecule has 2 amide bonds. The van der Waals surface area contributed by atoms with Crippen LogP contribution in [-0.2, 0) is 36.0 Å². The molecule has 0 aliphatic carbocycles. The number of carbonyl (C=O) groups excluding carboxylic acids is 1. The molecule has 3 aromatic carbocycles. The number of primary sulfonamides is 1. The third-order valence-corrected chi connectivity index (χ3v) is 11.7. The topological polar surface area (TPSA) is 175 Å². The lowest BCUT2D eigenvalue weighted by atomic mass is 9.81. The van der Waals surface area contributed by atoms with Crippen molar-refractivity contribution in [2.45, 2.75) is 40.0 Å². The van der Waals surface area contributed by atoms with E-state index in [9.17, 15) is 26.0 Å². The molecule has 1 fully saturated rings. The van der Waals surface area contributed by atoms with Gasteiger partial charge in [0.2, 0.25) is 10.0 Å². The van der Waals surface area contributed by atoms with E-state index >= 15 is 8.78 Å². The van der Waals surface area contributed by atoms with Gasteiger partial charge < -0.3 is 9.47 Å². The maximum atomic E-state index is 15.4. The van der Waals surface area contributed by atoms with Gasteiger partial charge in [-0.3, -0.25) is 9.99 Å². The Balaban J connectivity index is 1.46. The van der Waals surface area contributed by atoms with E-state index in [0.717, 1.165) is 11.8 Å². The summed E-state index contributed by atoms with van der Waals surface area (Å²) in [5.41, 5.74) is 2.32. The van der Waals surface area contributed by atoms with Gasteiger partial charge in [0.1, 0.15) is 16.5 Å². The molecule has 4 aromatic rings. The first-order valence-electron chi connectivity index (χ1n) is 14.9. The number of thioether (sulfide) groups is 1. The summed E-state index contributed by atoms with van der Waals surface area (Å²) >= 11 is 7.19. The maximum Gasteiger partial charge on any atom is 0.343 e. The zero-order valence-electron chi connectivity index (χ0n) is 27.2. The highest BCUT2D eigenvalue weighted by Crippen LogP contribution is 2.39. The number of amides is 2. The summed E-state index contributed by atoms with van der Waals surface area (Å²) in [4.78, 5) is 15.7. The molecule has 0 atom stereocenters. The Kier molecular flexibility index (Phi) is 11.3. The lowest BCUT2D eigenvalue weighted by Gasteiger charge is -2.28. The van der Waals surface area contributed by atoms with Crippen molar-refractivity contribution < 1.29 is 44.3 Å². The number of sulfonamides is 2. The van der Waals surface area contributed by atoms with Crippen LogP contribution in [0, 0.1) is 17.5 Å². The van der Waals surface area contributed by atoms with E-state index in [2.05, 4.69) is 10.4 Å². The number of methoxy groups -OCH3 is 1. The lowest BCUT2D eigenvalue weighted by Crippen LogP contribution is -2.52. The van der Waals surface area contributed by atoms with Crippen LogP contribution in [0.4, 0.5) is 18.0 Å². The average Bonchev–Trinajstić information content (AvgIpc) is 3.49. The number of hydrazine groups is 1. The molecule has 51 heavy (non-hydrogen) atoms. The van der Waals surface area contributed by atoms with E-state index in [1.54, 1.807) is 23.1 Å². The number of hydrogen-bond acceptors (Lipinski definition) is 10. The molecular formula is C31H32ClF3N6O7S3. The van der Waals surface area contributed by atoms with E-state index in [4.69, 9.17) is 26.2 Å². The first-order chi connectivity index (χ1) is 23.9. The summed E-state index contributed by atoms with van der Waals surface area (Å²) in [5.74, 6) is -3.49. The molecule has 0 saturated carbocycles. The second-order valence-electron chi connectivity index (χ2n) is 11.7. The second kappa shape index (κ2) is 15.0. The van der Waals surface area contributed by atoms with E-state index < -0.39 is 59.4 Å². The summed E-state index contributed by atoms with van der Waals surface area (Å²) in [6.07, 6.45) is 1.50. The first kappa shape index (κ1) is 38.4. The van der Waals surface area contributed by atoms with Crippen molar-refractivity contribution in [3.05, 3.63) is 94.0 Å². The Bertz CT molecular complexity index is 2180. The molecule has 0 unspecified atom stereocenters. The highest BCUT2D eigenvalue weighted by atomic mass is 35.5. The van der Waals surface area contributed by atoms with Gasteiger partial charge in [-0.2, -0.15) is 0 Å². The van der Waals surface area contributed by atoms with Gasteiger partial charge in [-0.25, -0.2) is 54.7 Å². The number of carbonyl (C=O) groups is 1. The van der Waals surface area contributed by atoms with Gasteiger partial charge in [0.05, 0.1) is 47.8 Å². The largest absolute Gasteiger partial charge is 0.494 e. The number of nitrogens with two attached hydrogens (primary N) is 1. The molecule has 2 heterocycles. The monoisotopic (exact) mass is 788 g/mol. The summed E-state index contributed by atoms with van der Waals surface area (Å²) < 4.78 is 108. The fourth-order valence-electron chi connectivity index (χ4n) is 5.21. The number of morpholine rings is 1. The highest BCUT2D eigenvalue weighted by molar-refractivity contribution is 7.98. The minimum atomic E-state index is -4.66. The number of nitrogens with one attached hydrogen (secondary N) is 2. The van der Waals surface area contributed by atoms with Crippen molar-refractivity contribution in [3.63, 3.8) is 0 Å². The fraction of sp³-hybridized carbons (Fsp3) is 0.290. The number of aromatic nitrogens is 2. The number of hydrogen-bond donors (Lipinski definition) is 3. The number of imidazole rings is 1. The molecule has 13 nitrogen and oxygen atoms in total. The van der Waals surface area contributed by atoms with Crippen LogP contribution in [0.25, 0.3) is 5.69 Å². The molecule has 1 aliphatic heterocycles. The van der Waals surface area contributed by atoms with Crippen LogP contribution in [0.3, 0.4) is 0 Å². The SMILES string of the molecule is COc1cc(-n2c(C(C)(C)c3ccc(S(N)(=O)=O)c(Cl)c3)cnc2SCc2c(F)cc(S(=O)(=O)NC(=O)NN3CCOCC3)cc2F)ccc1F. The molecule has 4 N–H and O–H groups in total. The van der Waals surface area contributed by atoms with Gasteiger partial charge in [-0.05, 0) is 42.0 Å². The molecule has 0 spiro atoms. The van der Waals surface area contributed by atoms with Crippen LogP contribution in [0.1, 0.15) is 30.7 Å². The molecule has 0 bridgehead atoms. The summed E-state index contributed by atoms with van der Waals surface area (Å²) in [7, 11) is -7.48. The molecule has 1 aliphatic rings. The number of halogens is 4. The van der Waals surface area contributed by atoms with Gasteiger partial charge in [-0.1, -0.05) is 43.3 Å². The Morgan fingerprint density at radius 2 is 1.71 bits per heavy atom. The average molecular weight is 789 g/mol. The number of rotatable bonds is 11. The minimum absolute atomic E-state index is 0.0948. The summed E-state index contributed by atoms with van der Waals surface area (Å²) in [6.45, 7) is 4.88. The number of ether oxygens (including phenoxy) is 2. The van der Waals surface area contributed by atoms with Gasteiger partial charge in [0.15, 0.2) is 16.7 Å². The predicted octanol–water partition coefficient (Wildman–Crippen LogP) is 4.45. The zero-order chi connectivity index (χ0) is 37.3. The fourth-order valence-corrected chi connectivity index (χ4v) is 8.24. The second-order valence-corrected chi connectivity index (χ2v) is 16.3. The third-order valence-electron chi connectivity index (χ3n) is 7.99. The molecule has 1 saturated heterocycles. The van der Waals surface area contributed by atoms with Crippen LogP contribution >= 0.6 is 23.4 Å². The van der Waals surface area contributed by atoms with Crippen LogP contribution in [0.15, 0.2) is 69.7 Å².